The van der Waals surface area contributed by atoms with E-state index in [1.54, 1.807) is 43.5 Å². The molecule has 0 fully saturated rings. The molecule has 0 saturated heterocycles. The number of aryl methyl sites for hydroxylation is 1. The van der Waals surface area contributed by atoms with Gasteiger partial charge in [0.2, 0.25) is 0 Å². The topological polar surface area (TPSA) is 106 Å². The van der Waals surface area contributed by atoms with Crippen molar-refractivity contribution in [3.63, 3.8) is 0 Å². The molecule has 0 aliphatic carbocycles. The fraction of sp³-hybridized carbons (Fsp3) is 0.150. The van der Waals surface area contributed by atoms with Crippen molar-refractivity contribution in [1.82, 2.24) is 20.1 Å². The first kappa shape index (κ1) is 23.1. The first-order valence-corrected chi connectivity index (χ1v) is 10.9. The summed E-state index contributed by atoms with van der Waals surface area (Å²) in [6.07, 6.45) is 1.54. The molecule has 3 rings (SSSR count). The van der Waals surface area contributed by atoms with Crippen LogP contribution in [0.5, 0.6) is 0 Å². The van der Waals surface area contributed by atoms with Crippen molar-refractivity contribution in [1.29, 1.82) is 0 Å². The van der Waals surface area contributed by atoms with Crippen LogP contribution in [0.3, 0.4) is 0 Å². The van der Waals surface area contributed by atoms with E-state index in [1.165, 1.54) is 11.6 Å². The number of carbonyl (C=O) groups is 3. The smallest absolute Gasteiger partial charge is 0.274 e. The van der Waals surface area contributed by atoms with Crippen LogP contribution in [0.25, 0.3) is 5.82 Å². The van der Waals surface area contributed by atoms with E-state index in [-0.39, 0.29) is 29.3 Å². The predicted molar refractivity (Wildman–Crippen MR) is 124 cm³/mol. The van der Waals surface area contributed by atoms with Gasteiger partial charge in [0, 0.05) is 15.1 Å². The second kappa shape index (κ2) is 9.71. The number of aromatic nitrogens is 3. The van der Waals surface area contributed by atoms with Crippen LogP contribution in [-0.4, -0.2) is 38.9 Å². The summed E-state index contributed by atoms with van der Waals surface area (Å²) in [6, 6.07) is 8.14. The molecule has 160 valence electrons. The quantitative estimate of drug-likeness (QED) is 0.460. The average molecular weight is 570 g/mol. The minimum atomic E-state index is -0.522. The Hall–Kier alpha value is -2.56. The van der Waals surface area contributed by atoms with Crippen LogP contribution in [0.15, 0.2) is 45.5 Å². The number of ketones is 1. The van der Waals surface area contributed by atoms with Crippen LogP contribution in [0, 0.1) is 6.92 Å². The van der Waals surface area contributed by atoms with E-state index in [9.17, 15) is 14.4 Å². The highest BCUT2D eigenvalue weighted by Crippen LogP contribution is 2.31. The summed E-state index contributed by atoms with van der Waals surface area (Å²) in [6.45, 7) is 2.98. The van der Waals surface area contributed by atoms with Crippen molar-refractivity contribution >= 4 is 66.7 Å². The fourth-order valence-electron chi connectivity index (χ4n) is 2.71. The maximum Gasteiger partial charge on any atom is 0.274 e. The Balaban J connectivity index is 1.99. The van der Waals surface area contributed by atoms with Gasteiger partial charge in [0.15, 0.2) is 5.82 Å². The molecule has 0 atom stereocenters. The third kappa shape index (κ3) is 5.38. The number of amides is 2. The summed E-state index contributed by atoms with van der Waals surface area (Å²) in [5, 5.41) is 9.93. The van der Waals surface area contributed by atoms with Gasteiger partial charge in [-0.05, 0) is 60.1 Å². The Bertz CT molecular complexity index is 1200. The van der Waals surface area contributed by atoms with Gasteiger partial charge in [0.25, 0.3) is 11.8 Å². The maximum absolute atomic E-state index is 13.1. The van der Waals surface area contributed by atoms with Crippen LogP contribution in [0.2, 0.25) is 5.02 Å². The van der Waals surface area contributed by atoms with Crippen molar-refractivity contribution < 1.29 is 14.4 Å². The molecule has 3 aromatic rings. The zero-order valence-electron chi connectivity index (χ0n) is 16.4. The average Bonchev–Trinajstić information content (AvgIpc) is 3.09. The highest BCUT2D eigenvalue weighted by atomic mass is 79.9. The second-order valence-electron chi connectivity index (χ2n) is 6.54. The zero-order valence-corrected chi connectivity index (χ0v) is 20.3. The van der Waals surface area contributed by atoms with Gasteiger partial charge in [-0.2, -0.15) is 5.10 Å². The molecule has 0 unspecified atom stereocenters. The Morgan fingerprint density at radius 3 is 2.58 bits per heavy atom. The number of Topliss-reactive ketones (excluding diaryl/α,β-unsaturated/α-hetero) is 1. The van der Waals surface area contributed by atoms with Crippen LogP contribution in [0.4, 0.5) is 5.69 Å². The zero-order chi connectivity index (χ0) is 22.7. The van der Waals surface area contributed by atoms with E-state index < -0.39 is 11.8 Å². The van der Waals surface area contributed by atoms with Crippen molar-refractivity contribution in [2.75, 3.05) is 11.9 Å². The first-order valence-electron chi connectivity index (χ1n) is 8.93. The predicted octanol–water partition coefficient (Wildman–Crippen LogP) is 4.33. The van der Waals surface area contributed by atoms with Crippen molar-refractivity contribution in [2.24, 2.45) is 0 Å². The molecule has 8 nitrogen and oxygen atoms in total. The molecule has 0 aliphatic heterocycles. The Labute approximate surface area is 199 Å². The van der Waals surface area contributed by atoms with Crippen LogP contribution in [-0.2, 0) is 4.79 Å². The summed E-state index contributed by atoms with van der Waals surface area (Å²) < 4.78 is 2.43. The van der Waals surface area contributed by atoms with Crippen LogP contribution >= 0.6 is 43.5 Å². The van der Waals surface area contributed by atoms with E-state index in [0.29, 0.717) is 25.5 Å². The number of pyridine rings is 1. The molecule has 2 aromatic heterocycles. The molecule has 2 heterocycles. The van der Waals surface area contributed by atoms with Gasteiger partial charge >= 0.3 is 0 Å². The third-order valence-corrected chi connectivity index (χ3v) is 5.42. The molecular formula is C20H16Br2ClN5O3. The molecule has 31 heavy (non-hydrogen) atoms. The molecule has 2 amide bonds. The van der Waals surface area contributed by atoms with Gasteiger partial charge < -0.3 is 10.6 Å². The van der Waals surface area contributed by atoms with Crippen LogP contribution < -0.4 is 10.6 Å². The molecule has 0 bridgehead atoms. The van der Waals surface area contributed by atoms with Gasteiger partial charge in [-0.1, -0.05) is 27.5 Å². The summed E-state index contributed by atoms with van der Waals surface area (Å²) in [4.78, 5) is 41.2. The second-order valence-corrected chi connectivity index (χ2v) is 8.72. The lowest BCUT2D eigenvalue weighted by molar-refractivity contribution is -0.116. The minimum absolute atomic E-state index is 0.125. The number of carbonyl (C=O) groups excluding carboxylic acids is 3. The van der Waals surface area contributed by atoms with Crippen molar-refractivity contribution in [2.45, 2.75) is 13.8 Å². The van der Waals surface area contributed by atoms with Gasteiger partial charge in [0.1, 0.15) is 11.5 Å². The molecular weight excluding hydrogens is 554 g/mol. The number of halogens is 3. The number of benzene rings is 1. The van der Waals surface area contributed by atoms with Crippen LogP contribution in [0.1, 0.15) is 33.5 Å². The van der Waals surface area contributed by atoms with E-state index in [2.05, 4.69) is 52.6 Å². The van der Waals surface area contributed by atoms with Gasteiger partial charge in [0.05, 0.1) is 28.5 Å². The molecule has 11 heteroatoms. The molecule has 2 N–H and O–H groups in total. The number of hydrogen-bond acceptors (Lipinski definition) is 5. The summed E-state index contributed by atoms with van der Waals surface area (Å²) in [7, 11) is 0. The highest BCUT2D eigenvalue weighted by Gasteiger charge is 2.22. The van der Waals surface area contributed by atoms with Gasteiger partial charge in [-0.15, -0.1) is 0 Å². The SMILES string of the molecule is CC(=O)CNC(=O)c1cc(Br)cc(Br)c1NC(=O)c1cc(C)nn1-c1ncccc1Cl. The normalized spacial score (nSPS) is 10.6. The van der Waals surface area contributed by atoms with Gasteiger partial charge in [-0.3, -0.25) is 14.4 Å². The van der Waals surface area contributed by atoms with E-state index in [0.717, 1.165) is 0 Å². The molecule has 1 aromatic carbocycles. The number of rotatable bonds is 6. The van der Waals surface area contributed by atoms with E-state index >= 15 is 0 Å². The standard InChI is InChI=1S/C20H16Br2ClN5O3/c1-10-6-16(28(27-10)18-15(23)4-3-5-24-18)20(31)26-17-13(7-12(21)8-14(17)22)19(30)25-9-11(2)29/h3-8H,9H2,1-2H3,(H,25,30)(H,26,31). The molecule has 0 spiro atoms. The van der Waals surface area contributed by atoms with Gasteiger partial charge in [-0.25, -0.2) is 9.67 Å². The monoisotopic (exact) mass is 567 g/mol. The lowest BCUT2D eigenvalue weighted by atomic mass is 10.1. The largest absolute Gasteiger partial charge is 0.345 e. The Kier molecular flexibility index (Phi) is 7.24. The van der Waals surface area contributed by atoms with E-state index in [4.69, 9.17) is 11.6 Å². The number of nitrogens with zero attached hydrogens (tertiary/aromatic N) is 3. The first-order chi connectivity index (χ1) is 14.7. The lowest BCUT2D eigenvalue weighted by Crippen LogP contribution is -2.29. The number of anilines is 1. The van der Waals surface area contributed by atoms with E-state index in [1.807, 2.05) is 0 Å². The fourth-order valence-corrected chi connectivity index (χ4v) is 4.24. The Morgan fingerprint density at radius 2 is 1.90 bits per heavy atom. The third-order valence-electron chi connectivity index (χ3n) is 4.04. The Morgan fingerprint density at radius 1 is 1.16 bits per heavy atom. The molecule has 0 radical (unpaired) electrons. The maximum atomic E-state index is 13.1. The highest BCUT2D eigenvalue weighted by molar-refractivity contribution is 9.11. The minimum Gasteiger partial charge on any atom is -0.345 e. The van der Waals surface area contributed by atoms with Crippen molar-refractivity contribution in [3.8, 4) is 5.82 Å². The lowest BCUT2D eigenvalue weighted by Gasteiger charge is -2.14. The number of hydrogen-bond donors (Lipinski definition) is 2. The summed E-state index contributed by atoms with van der Waals surface area (Å²) in [5.41, 5.74) is 1.19. The number of nitrogens with one attached hydrogen (secondary N) is 2. The summed E-state index contributed by atoms with van der Waals surface area (Å²) in [5.74, 6) is -0.924. The molecule has 0 aliphatic rings. The summed E-state index contributed by atoms with van der Waals surface area (Å²) >= 11 is 12.9. The molecule has 0 saturated carbocycles. The van der Waals surface area contributed by atoms with Crippen molar-refractivity contribution in [3.05, 3.63) is 67.4 Å².